The van der Waals surface area contributed by atoms with E-state index in [9.17, 15) is 4.39 Å². The third-order valence-corrected chi connectivity index (χ3v) is 8.25. The minimum atomic E-state index is -1.06. The average molecular weight is 569 g/mol. The molecule has 3 N–H and O–H groups in total. The molecule has 0 radical (unpaired) electrons. The Balaban J connectivity index is 1.44. The van der Waals surface area contributed by atoms with E-state index in [2.05, 4.69) is 35.2 Å². The average Bonchev–Trinajstić information content (AvgIpc) is 3.63. The van der Waals surface area contributed by atoms with Gasteiger partial charge in [0, 0.05) is 49.3 Å². The highest BCUT2D eigenvalue weighted by molar-refractivity contribution is 8.15. The molecule has 0 saturated heterocycles. The van der Waals surface area contributed by atoms with Gasteiger partial charge in [-0.05, 0) is 39.3 Å². The number of thioether (sulfide) groups is 1. The summed E-state index contributed by atoms with van der Waals surface area (Å²) in [5, 5.41) is 3.40. The minimum Gasteiger partial charge on any atom is -0.468 e. The molecule has 5 rings (SSSR count). The number of fused-ring (bicyclic) bond motifs is 2. The molecule has 210 valence electrons. The quantitative estimate of drug-likeness (QED) is 0.297. The van der Waals surface area contributed by atoms with Gasteiger partial charge in [0.05, 0.1) is 28.6 Å². The molecule has 2 aliphatic rings. The van der Waals surface area contributed by atoms with Gasteiger partial charge in [0.25, 0.3) is 0 Å². The molecular weight excluding hydrogens is 538 g/mol. The molecule has 2 aromatic heterocycles. The first kappa shape index (κ1) is 27.8. The fraction of sp³-hybridized carbons (Fsp3) is 0.407. The van der Waals surface area contributed by atoms with Crippen LogP contribution in [0.1, 0.15) is 32.8 Å². The minimum absolute atomic E-state index is 0.0634. The molecular formula is C27H30F2N8O2S. The molecule has 1 aliphatic carbocycles. The van der Waals surface area contributed by atoms with E-state index in [1.807, 2.05) is 13.8 Å². The van der Waals surface area contributed by atoms with Gasteiger partial charge in [-0.3, -0.25) is 9.98 Å². The van der Waals surface area contributed by atoms with Crippen LogP contribution in [0.5, 0.6) is 5.88 Å². The number of nitrogens with zero attached hydrogens (tertiary/aromatic N) is 6. The van der Waals surface area contributed by atoms with Crippen molar-refractivity contribution in [2.45, 2.75) is 37.5 Å². The lowest BCUT2D eigenvalue weighted by molar-refractivity contribution is 0.184. The van der Waals surface area contributed by atoms with Crippen molar-refractivity contribution in [1.82, 2.24) is 15.0 Å². The van der Waals surface area contributed by atoms with E-state index in [1.165, 1.54) is 18.0 Å². The molecule has 13 heteroatoms. The highest BCUT2D eigenvalue weighted by Gasteiger charge is 2.66. The van der Waals surface area contributed by atoms with Gasteiger partial charge in [-0.1, -0.05) is 11.8 Å². The molecule has 1 aliphatic heterocycles. The van der Waals surface area contributed by atoms with Gasteiger partial charge in [0.15, 0.2) is 28.5 Å². The molecule has 1 fully saturated rings. The molecule has 10 nitrogen and oxygen atoms in total. The Bertz CT molecular complexity index is 1560. The number of nitrogens with two attached hydrogens (primary N) is 1. The smallest absolute Gasteiger partial charge is 0.233 e. The number of hydrogen-bond donors (Lipinski definition) is 2. The van der Waals surface area contributed by atoms with Crippen LogP contribution in [-0.2, 0) is 10.3 Å². The second kappa shape index (κ2) is 10.7. The van der Waals surface area contributed by atoms with Gasteiger partial charge in [-0.2, -0.15) is 0 Å². The zero-order valence-electron chi connectivity index (χ0n) is 22.8. The number of methoxy groups -OCH3 is 1. The lowest BCUT2D eigenvalue weighted by Gasteiger charge is -2.34. The van der Waals surface area contributed by atoms with Crippen molar-refractivity contribution < 1.29 is 18.3 Å². The topological polar surface area (TPSA) is 132 Å². The molecule has 0 spiro atoms. The molecule has 0 bridgehead atoms. The van der Waals surface area contributed by atoms with Crippen molar-refractivity contribution in [1.29, 1.82) is 0 Å². The Hall–Kier alpha value is -3.71. The van der Waals surface area contributed by atoms with Crippen molar-refractivity contribution in [3.05, 3.63) is 47.8 Å². The number of pyridine rings is 1. The van der Waals surface area contributed by atoms with E-state index < -0.39 is 17.2 Å². The number of rotatable bonds is 8. The van der Waals surface area contributed by atoms with Crippen LogP contribution < -0.4 is 15.8 Å². The van der Waals surface area contributed by atoms with Gasteiger partial charge in [0.2, 0.25) is 5.88 Å². The summed E-state index contributed by atoms with van der Waals surface area (Å²) in [6.45, 7) is 6.10. The Morgan fingerprint density at radius 3 is 2.80 bits per heavy atom. The SMILES string of the molecule is C/N=C(/COc1cnc2c(Nc3cc(F)c(F)c([C@@]4(C)N=C(N)S[C@@]5(COC)CC54)c3)nccc2n1)N=C(C)C. The van der Waals surface area contributed by atoms with Crippen molar-refractivity contribution >= 4 is 51.0 Å². The standard InChI is InChI=1S/C27H30F2N8O2S/c1-14(2)34-20(31-4)12-39-21-11-33-23-18(36-21)6-7-32-24(23)35-15-8-16(22(29)17(28)9-15)26(3)19-10-27(19,13-38-5)40-25(30)37-26/h6-9,11,19H,10,12-13H2,1-5H3,(H2,30,37)(H,32,35)/b31-20-/t19?,26-,27-/m1/s1. The summed E-state index contributed by atoms with van der Waals surface area (Å²) in [6, 6.07) is 4.31. The number of benzene rings is 1. The molecule has 3 atom stereocenters. The largest absolute Gasteiger partial charge is 0.468 e. The van der Waals surface area contributed by atoms with Crippen LogP contribution >= 0.6 is 11.8 Å². The van der Waals surface area contributed by atoms with Crippen LogP contribution in [0, 0.1) is 17.6 Å². The van der Waals surface area contributed by atoms with Crippen LogP contribution in [0.4, 0.5) is 20.3 Å². The Morgan fingerprint density at radius 1 is 1.27 bits per heavy atom. The Morgan fingerprint density at radius 2 is 2.08 bits per heavy atom. The van der Waals surface area contributed by atoms with Crippen LogP contribution in [-0.4, -0.2) is 63.8 Å². The molecule has 1 saturated carbocycles. The van der Waals surface area contributed by atoms with E-state index >= 15 is 4.39 Å². The monoisotopic (exact) mass is 568 g/mol. The summed E-state index contributed by atoms with van der Waals surface area (Å²) in [7, 11) is 3.25. The third-order valence-electron chi connectivity index (χ3n) is 6.98. The van der Waals surface area contributed by atoms with Crippen molar-refractivity contribution in [3.8, 4) is 5.88 Å². The second-order valence-electron chi connectivity index (χ2n) is 10.1. The van der Waals surface area contributed by atoms with Crippen molar-refractivity contribution in [3.63, 3.8) is 0 Å². The highest BCUT2D eigenvalue weighted by atomic mass is 32.2. The Labute approximate surface area is 234 Å². The van der Waals surface area contributed by atoms with E-state index in [-0.39, 0.29) is 28.7 Å². The van der Waals surface area contributed by atoms with Crippen LogP contribution in [0.2, 0.25) is 0 Å². The van der Waals surface area contributed by atoms with Crippen molar-refractivity contribution in [2.75, 3.05) is 32.7 Å². The summed E-state index contributed by atoms with van der Waals surface area (Å²) < 4.78 is 41.1. The molecule has 3 heterocycles. The molecule has 1 unspecified atom stereocenters. The van der Waals surface area contributed by atoms with Crippen LogP contribution in [0.3, 0.4) is 0 Å². The number of amidine groups is 2. The maximum atomic E-state index is 15.3. The van der Waals surface area contributed by atoms with Crippen LogP contribution in [0.15, 0.2) is 45.6 Å². The lowest BCUT2D eigenvalue weighted by atomic mass is 9.85. The van der Waals surface area contributed by atoms with Gasteiger partial charge < -0.3 is 20.5 Å². The predicted molar refractivity (Wildman–Crippen MR) is 154 cm³/mol. The number of halogens is 2. The van der Waals surface area contributed by atoms with Gasteiger partial charge >= 0.3 is 0 Å². The first-order valence-electron chi connectivity index (χ1n) is 12.6. The fourth-order valence-electron chi connectivity index (χ4n) is 5.13. The van der Waals surface area contributed by atoms with Gasteiger partial charge in [-0.15, -0.1) is 0 Å². The number of aromatic nitrogens is 3. The fourth-order valence-corrected chi connectivity index (χ4v) is 6.58. The predicted octanol–water partition coefficient (Wildman–Crippen LogP) is 4.62. The lowest BCUT2D eigenvalue weighted by Crippen LogP contribution is -2.37. The van der Waals surface area contributed by atoms with Crippen LogP contribution in [0.25, 0.3) is 11.0 Å². The molecule has 40 heavy (non-hydrogen) atoms. The molecule has 1 aromatic carbocycles. The van der Waals surface area contributed by atoms with Gasteiger partial charge in [0.1, 0.15) is 12.1 Å². The third kappa shape index (κ3) is 5.22. The highest BCUT2D eigenvalue weighted by Crippen LogP contribution is 2.66. The number of hydrogen-bond acceptors (Lipinski definition) is 10. The van der Waals surface area contributed by atoms with E-state index in [4.69, 9.17) is 15.2 Å². The number of nitrogens with one attached hydrogen (secondary N) is 1. The Kier molecular flexibility index (Phi) is 7.44. The summed E-state index contributed by atoms with van der Waals surface area (Å²) in [5.74, 6) is -0.900. The van der Waals surface area contributed by atoms with E-state index in [1.54, 1.807) is 39.4 Å². The second-order valence-corrected chi connectivity index (χ2v) is 11.6. The van der Waals surface area contributed by atoms with Crippen molar-refractivity contribution in [2.24, 2.45) is 26.6 Å². The molecule has 3 aromatic rings. The summed E-state index contributed by atoms with van der Waals surface area (Å²) in [6.07, 6.45) is 3.73. The zero-order chi connectivity index (χ0) is 28.7. The zero-order valence-corrected chi connectivity index (χ0v) is 23.6. The maximum Gasteiger partial charge on any atom is 0.233 e. The summed E-state index contributed by atoms with van der Waals surface area (Å²) >= 11 is 1.43. The maximum absolute atomic E-state index is 15.3. The normalized spacial score (nSPS) is 23.8. The number of ether oxygens (including phenoxy) is 2. The van der Waals surface area contributed by atoms with E-state index in [0.717, 1.165) is 18.2 Å². The number of aliphatic imine (C=N–C) groups is 3. The van der Waals surface area contributed by atoms with E-state index in [0.29, 0.717) is 40.1 Å². The number of anilines is 2. The molecule has 0 amide bonds. The first-order valence-corrected chi connectivity index (χ1v) is 13.4. The van der Waals surface area contributed by atoms with Gasteiger partial charge in [-0.25, -0.2) is 28.7 Å². The summed E-state index contributed by atoms with van der Waals surface area (Å²) in [4.78, 5) is 26.3. The first-order chi connectivity index (χ1) is 19.1. The summed E-state index contributed by atoms with van der Waals surface area (Å²) in [5.41, 5.74) is 7.27.